The molecule has 2 heterocycles. The maximum absolute atomic E-state index is 13.0. The molecule has 2 aliphatic heterocycles. The van der Waals surface area contributed by atoms with Crippen molar-refractivity contribution >= 4 is 11.7 Å². The third kappa shape index (κ3) is 6.09. The predicted octanol–water partition coefficient (Wildman–Crippen LogP) is 3.17. The Labute approximate surface area is 162 Å². The van der Waals surface area contributed by atoms with Crippen molar-refractivity contribution in [3.8, 4) is 0 Å². The predicted molar refractivity (Wildman–Crippen MR) is 108 cm³/mol. The molecule has 2 amide bonds. The van der Waals surface area contributed by atoms with Crippen LogP contribution in [0.2, 0.25) is 0 Å². The van der Waals surface area contributed by atoms with Crippen LogP contribution >= 0.6 is 0 Å². The molecule has 27 heavy (non-hydrogen) atoms. The lowest BCUT2D eigenvalue weighted by Crippen LogP contribution is -2.52. The number of likely N-dealkylation sites (tertiary alicyclic amines) is 1. The number of halogens is 1. The van der Waals surface area contributed by atoms with Gasteiger partial charge in [-0.25, -0.2) is 9.18 Å². The Morgan fingerprint density at radius 3 is 2.37 bits per heavy atom. The first-order chi connectivity index (χ1) is 13.1. The van der Waals surface area contributed by atoms with Crippen LogP contribution in [0.3, 0.4) is 0 Å². The number of carbonyl (C=O) groups excluding carboxylic acids is 1. The number of hydrogen-bond donors (Lipinski definition) is 1. The van der Waals surface area contributed by atoms with Gasteiger partial charge in [-0.3, -0.25) is 0 Å². The molecular weight excluding hydrogens is 343 g/mol. The van der Waals surface area contributed by atoms with E-state index >= 15 is 0 Å². The molecule has 2 fully saturated rings. The first kappa shape index (κ1) is 19.9. The van der Waals surface area contributed by atoms with Gasteiger partial charge in [-0.15, -0.1) is 0 Å². The van der Waals surface area contributed by atoms with Gasteiger partial charge in [0.2, 0.25) is 0 Å². The zero-order valence-corrected chi connectivity index (χ0v) is 16.5. The third-order valence-corrected chi connectivity index (χ3v) is 5.81. The Morgan fingerprint density at radius 1 is 1.04 bits per heavy atom. The van der Waals surface area contributed by atoms with E-state index in [1.807, 2.05) is 4.90 Å². The Hall–Kier alpha value is -1.82. The minimum absolute atomic E-state index is 0.0422. The highest BCUT2D eigenvalue weighted by Gasteiger charge is 2.21. The molecule has 1 aromatic rings. The Bertz CT molecular complexity index is 578. The van der Waals surface area contributed by atoms with Gasteiger partial charge in [0.1, 0.15) is 5.82 Å². The molecule has 0 saturated carbocycles. The summed E-state index contributed by atoms with van der Waals surface area (Å²) in [7, 11) is 0. The molecule has 0 bridgehead atoms. The lowest BCUT2D eigenvalue weighted by molar-refractivity contribution is 0.186. The van der Waals surface area contributed by atoms with Gasteiger partial charge in [-0.1, -0.05) is 6.92 Å². The zero-order chi connectivity index (χ0) is 19.1. The molecule has 0 atom stereocenters. The average molecular weight is 377 g/mol. The van der Waals surface area contributed by atoms with Gasteiger partial charge in [0.05, 0.1) is 0 Å². The largest absolute Gasteiger partial charge is 0.368 e. The van der Waals surface area contributed by atoms with Gasteiger partial charge in [-0.2, -0.15) is 0 Å². The fourth-order valence-electron chi connectivity index (χ4n) is 3.87. The molecule has 0 aliphatic carbocycles. The minimum atomic E-state index is -0.216. The smallest absolute Gasteiger partial charge is 0.317 e. The van der Waals surface area contributed by atoms with Gasteiger partial charge in [-0.05, 0) is 75.5 Å². The van der Waals surface area contributed by atoms with Crippen molar-refractivity contribution in [1.82, 2.24) is 15.1 Å². The summed E-state index contributed by atoms with van der Waals surface area (Å²) in [5, 5.41) is 3.06. The molecule has 0 spiro atoms. The summed E-state index contributed by atoms with van der Waals surface area (Å²) >= 11 is 0. The topological polar surface area (TPSA) is 38.8 Å². The highest BCUT2D eigenvalue weighted by atomic mass is 19.1. The average Bonchev–Trinajstić information content (AvgIpc) is 2.70. The summed E-state index contributed by atoms with van der Waals surface area (Å²) in [4.78, 5) is 19.0. The molecule has 6 heteroatoms. The molecule has 5 nitrogen and oxygen atoms in total. The number of benzene rings is 1. The number of piperazine rings is 1. The molecular formula is C21H33FN4O. The molecule has 150 valence electrons. The minimum Gasteiger partial charge on any atom is -0.368 e. The second-order valence-corrected chi connectivity index (χ2v) is 7.91. The van der Waals surface area contributed by atoms with Crippen molar-refractivity contribution < 1.29 is 9.18 Å². The van der Waals surface area contributed by atoms with Gasteiger partial charge >= 0.3 is 6.03 Å². The van der Waals surface area contributed by atoms with E-state index in [1.165, 1.54) is 38.1 Å². The van der Waals surface area contributed by atoms with E-state index in [1.54, 1.807) is 12.1 Å². The van der Waals surface area contributed by atoms with Crippen molar-refractivity contribution in [3.63, 3.8) is 0 Å². The number of nitrogens with one attached hydrogen (secondary N) is 1. The fraction of sp³-hybridized carbons (Fsp3) is 0.667. The van der Waals surface area contributed by atoms with Crippen molar-refractivity contribution in [2.75, 3.05) is 57.3 Å². The van der Waals surface area contributed by atoms with E-state index in [0.717, 1.165) is 50.6 Å². The molecule has 3 rings (SSSR count). The van der Waals surface area contributed by atoms with Crippen molar-refractivity contribution in [2.24, 2.45) is 5.92 Å². The SMILES string of the molecule is CC1CCN(CCCCNC(=O)N2CCN(c3ccc(F)cc3)CC2)CC1. The number of piperidine rings is 1. The summed E-state index contributed by atoms with van der Waals surface area (Å²) in [6, 6.07) is 6.61. The van der Waals surface area contributed by atoms with Crippen LogP contribution in [0.15, 0.2) is 24.3 Å². The highest BCUT2D eigenvalue weighted by Crippen LogP contribution is 2.17. The normalized spacial score (nSPS) is 19.3. The first-order valence-electron chi connectivity index (χ1n) is 10.4. The first-order valence-corrected chi connectivity index (χ1v) is 10.4. The van der Waals surface area contributed by atoms with E-state index < -0.39 is 0 Å². The van der Waals surface area contributed by atoms with E-state index in [9.17, 15) is 9.18 Å². The van der Waals surface area contributed by atoms with Crippen LogP contribution in [0.5, 0.6) is 0 Å². The summed E-state index contributed by atoms with van der Waals surface area (Å²) in [6.07, 6.45) is 4.82. The molecule has 2 saturated heterocycles. The number of unbranched alkanes of at least 4 members (excludes halogenated alkanes) is 1. The zero-order valence-electron chi connectivity index (χ0n) is 16.5. The van der Waals surface area contributed by atoms with Gasteiger partial charge in [0, 0.05) is 38.4 Å². The van der Waals surface area contributed by atoms with Crippen LogP contribution in [0.25, 0.3) is 0 Å². The van der Waals surface area contributed by atoms with Crippen LogP contribution in [0.1, 0.15) is 32.6 Å². The summed E-state index contributed by atoms with van der Waals surface area (Å²) in [5.74, 6) is 0.663. The number of urea groups is 1. The second kappa shape index (κ2) is 9.93. The van der Waals surface area contributed by atoms with E-state index in [-0.39, 0.29) is 11.8 Å². The van der Waals surface area contributed by atoms with Crippen LogP contribution in [-0.4, -0.2) is 68.2 Å². The molecule has 2 aliphatic rings. The summed E-state index contributed by atoms with van der Waals surface area (Å²) < 4.78 is 13.0. The second-order valence-electron chi connectivity index (χ2n) is 7.91. The highest BCUT2D eigenvalue weighted by molar-refractivity contribution is 5.74. The summed E-state index contributed by atoms with van der Waals surface area (Å²) in [5.41, 5.74) is 1.02. The number of nitrogens with zero attached hydrogens (tertiary/aromatic N) is 3. The monoisotopic (exact) mass is 376 g/mol. The number of carbonyl (C=O) groups is 1. The molecule has 0 unspecified atom stereocenters. The Balaban J connectivity index is 1.28. The van der Waals surface area contributed by atoms with Crippen LogP contribution in [-0.2, 0) is 0 Å². The standard InChI is InChI=1S/C21H33FN4O/c1-18-8-12-24(13-9-18)11-3-2-10-23-21(27)26-16-14-25(15-17-26)20-6-4-19(22)5-7-20/h4-7,18H,2-3,8-17H2,1H3,(H,23,27). The van der Waals surface area contributed by atoms with Gasteiger partial charge < -0.3 is 20.0 Å². The van der Waals surface area contributed by atoms with Gasteiger partial charge in [0.25, 0.3) is 0 Å². The van der Waals surface area contributed by atoms with E-state index in [2.05, 4.69) is 22.0 Å². The Kier molecular flexibility index (Phi) is 7.33. The lowest BCUT2D eigenvalue weighted by atomic mass is 9.99. The lowest BCUT2D eigenvalue weighted by Gasteiger charge is -2.36. The van der Waals surface area contributed by atoms with Crippen molar-refractivity contribution in [1.29, 1.82) is 0 Å². The third-order valence-electron chi connectivity index (χ3n) is 5.81. The van der Waals surface area contributed by atoms with Crippen LogP contribution < -0.4 is 10.2 Å². The van der Waals surface area contributed by atoms with E-state index in [4.69, 9.17) is 0 Å². The fourth-order valence-corrected chi connectivity index (χ4v) is 3.87. The maximum Gasteiger partial charge on any atom is 0.317 e. The van der Waals surface area contributed by atoms with Crippen LogP contribution in [0, 0.1) is 11.7 Å². The van der Waals surface area contributed by atoms with Gasteiger partial charge in [0.15, 0.2) is 0 Å². The molecule has 0 aromatic heterocycles. The molecule has 1 N–H and O–H groups in total. The quantitative estimate of drug-likeness (QED) is 0.775. The van der Waals surface area contributed by atoms with Crippen molar-refractivity contribution in [2.45, 2.75) is 32.6 Å². The number of anilines is 1. The molecule has 1 aromatic carbocycles. The van der Waals surface area contributed by atoms with E-state index in [0.29, 0.717) is 13.1 Å². The molecule has 0 radical (unpaired) electrons. The number of rotatable bonds is 6. The number of hydrogen-bond acceptors (Lipinski definition) is 3. The maximum atomic E-state index is 13.0. The summed E-state index contributed by atoms with van der Waals surface area (Å²) in [6.45, 7) is 9.67. The Morgan fingerprint density at radius 2 is 1.70 bits per heavy atom. The number of amides is 2. The van der Waals surface area contributed by atoms with Crippen LogP contribution in [0.4, 0.5) is 14.9 Å². The van der Waals surface area contributed by atoms with Crippen molar-refractivity contribution in [3.05, 3.63) is 30.1 Å².